The summed E-state index contributed by atoms with van der Waals surface area (Å²) in [6.07, 6.45) is 1.39. The van der Waals surface area contributed by atoms with Crippen LogP contribution in [0.15, 0.2) is 69.1 Å². The smallest absolute Gasteiger partial charge is 0.352 e. The van der Waals surface area contributed by atoms with Gasteiger partial charge in [0.15, 0.2) is 0 Å². The second-order valence-electron chi connectivity index (χ2n) is 8.95. The van der Waals surface area contributed by atoms with E-state index in [1.54, 1.807) is 63.4 Å². The Balaban J connectivity index is 1.64. The largest absolute Gasteiger partial charge is 0.382 e. The molecular formula is C27H33N5O8S. The molecule has 0 aliphatic rings. The molecule has 0 N–H and O–H groups in total. The number of hydrogen-bond acceptors (Lipinski definition) is 10. The van der Waals surface area contributed by atoms with Crippen LogP contribution in [0.2, 0.25) is 0 Å². The van der Waals surface area contributed by atoms with Crippen LogP contribution < -0.4 is 9.99 Å². The van der Waals surface area contributed by atoms with Gasteiger partial charge < -0.3 is 23.5 Å². The van der Waals surface area contributed by atoms with E-state index in [4.69, 9.17) is 23.5 Å². The number of rotatable bonds is 15. The van der Waals surface area contributed by atoms with Gasteiger partial charge in [-0.2, -0.15) is 9.78 Å². The van der Waals surface area contributed by atoms with Crippen molar-refractivity contribution in [2.75, 3.05) is 51.7 Å². The van der Waals surface area contributed by atoms with Crippen LogP contribution in [0.5, 0.6) is 0 Å². The average molecular weight is 588 g/mol. The van der Waals surface area contributed by atoms with Gasteiger partial charge in [0.2, 0.25) is 5.88 Å². The maximum absolute atomic E-state index is 14.1. The van der Waals surface area contributed by atoms with E-state index >= 15 is 0 Å². The predicted molar refractivity (Wildman–Crippen MR) is 149 cm³/mol. The van der Waals surface area contributed by atoms with Gasteiger partial charge >= 0.3 is 5.69 Å². The second-order valence-corrected chi connectivity index (χ2v) is 10.8. The Hall–Kier alpha value is -3.82. The van der Waals surface area contributed by atoms with Gasteiger partial charge in [-0.3, -0.25) is 4.57 Å². The zero-order valence-corrected chi connectivity index (χ0v) is 24.2. The van der Waals surface area contributed by atoms with E-state index < -0.39 is 10.0 Å². The zero-order valence-electron chi connectivity index (χ0n) is 23.3. The number of aryl methyl sites for hydroxylation is 1. The summed E-state index contributed by atoms with van der Waals surface area (Å²) >= 11 is 0. The van der Waals surface area contributed by atoms with Crippen LogP contribution in [-0.2, 0) is 35.7 Å². The summed E-state index contributed by atoms with van der Waals surface area (Å²) in [4.78, 5) is 12.8. The lowest BCUT2D eigenvalue weighted by molar-refractivity contribution is 0.0326. The van der Waals surface area contributed by atoms with Crippen LogP contribution in [0, 0.1) is 13.8 Å². The lowest BCUT2D eigenvalue weighted by Crippen LogP contribution is -2.34. The first kappa shape index (κ1) is 30.1. The van der Waals surface area contributed by atoms with E-state index in [1.165, 1.54) is 28.8 Å². The Labute approximate surface area is 237 Å². The average Bonchev–Trinajstić information content (AvgIpc) is 3.51. The highest BCUT2D eigenvalue weighted by Gasteiger charge is 2.32. The van der Waals surface area contributed by atoms with Crippen molar-refractivity contribution in [3.63, 3.8) is 0 Å². The highest BCUT2D eigenvalue weighted by Crippen LogP contribution is 2.34. The van der Waals surface area contributed by atoms with E-state index in [-0.39, 0.29) is 36.5 Å². The van der Waals surface area contributed by atoms with E-state index in [2.05, 4.69) is 10.3 Å². The molecule has 0 unspecified atom stereocenters. The summed E-state index contributed by atoms with van der Waals surface area (Å²) in [7, 11) is -1.07. The third-order valence-corrected chi connectivity index (χ3v) is 8.04. The zero-order chi connectivity index (χ0) is 29.4. The Bertz CT molecular complexity index is 1590. The fraction of sp³-hybridized carbons (Fsp3) is 0.370. The van der Waals surface area contributed by atoms with Crippen molar-refractivity contribution >= 4 is 15.9 Å². The standard InChI is InChI=1S/C27H33N5O8S/c1-20-21(2)29-40-26(20)31(19-39-16-14-37-4)41(34,35)25-8-6-5-7-24(25)22-9-11-23(12-10-22)32-27(33)30(17-28-32)18-38-15-13-36-3/h5-12,17H,13-16,18-19H2,1-4H3. The van der Waals surface area contributed by atoms with Gasteiger partial charge in [0, 0.05) is 25.3 Å². The molecule has 0 saturated carbocycles. The van der Waals surface area contributed by atoms with Crippen LogP contribution in [-0.4, -0.2) is 75.3 Å². The molecule has 14 heteroatoms. The normalized spacial score (nSPS) is 11.7. The fourth-order valence-electron chi connectivity index (χ4n) is 3.90. The summed E-state index contributed by atoms with van der Waals surface area (Å²) in [6.45, 7) is 4.46. The van der Waals surface area contributed by atoms with Crippen molar-refractivity contribution in [3.8, 4) is 16.8 Å². The summed E-state index contributed by atoms with van der Waals surface area (Å²) in [6, 6.07) is 13.5. The number of hydrogen-bond donors (Lipinski definition) is 0. The van der Waals surface area contributed by atoms with E-state index in [0.717, 1.165) is 4.31 Å². The van der Waals surface area contributed by atoms with Crippen LogP contribution >= 0.6 is 0 Å². The lowest BCUT2D eigenvalue weighted by Gasteiger charge is -2.23. The molecule has 13 nitrogen and oxygen atoms in total. The third kappa shape index (κ3) is 6.74. The molecule has 0 spiro atoms. The van der Waals surface area contributed by atoms with E-state index in [9.17, 15) is 13.2 Å². The van der Waals surface area contributed by atoms with Crippen LogP contribution in [0.4, 0.5) is 5.88 Å². The Kier molecular flexibility index (Phi) is 10.1. The third-order valence-electron chi connectivity index (χ3n) is 6.27. The number of ether oxygens (including phenoxy) is 4. The van der Waals surface area contributed by atoms with Crippen LogP contribution in [0.1, 0.15) is 11.3 Å². The Morgan fingerprint density at radius 1 is 0.927 bits per heavy atom. The van der Waals surface area contributed by atoms with Gasteiger partial charge in [0.1, 0.15) is 19.8 Å². The summed E-state index contributed by atoms with van der Waals surface area (Å²) in [5.41, 5.74) is 2.36. The first-order chi connectivity index (χ1) is 19.8. The highest BCUT2D eigenvalue weighted by molar-refractivity contribution is 7.93. The Morgan fingerprint density at radius 3 is 2.27 bits per heavy atom. The van der Waals surface area contributed by atoms with Crippen molar-refractivity contribution in [3.05, 3.63) is 76.6 Å². The molecule has 2 aromatic heterocycles. The molecule has 4 rings (SSSR count). The monoisotopic (exact) mass is 587 g/mol. The second kappa shape index (κ2) is 13.7. The van der Waals surface area contributed by atoms with Gasteiger partial charge in [-0.25, -0.2) is 17.5 Å². The molecule has 4 aromatic rings. The van der Waals surface area contributed by atoms with Crippen molar-refractivity contribution in [2.45, 2.75) is 25.5 Å². The topological polar surface area (TPSA) is 140 Å². The summed E-state index contributed by atoms with van der Waals surface area (Å²) in [5, 5.41) is 8.10. The van der Waals surface area contributed by atoms with Gasteiger partial charge in [0.05, 0.1) is 42.7 Å². The predicted octanol–water partition coefficient (Wildman–Crippen LogP) is 2.74. The number of aromatic nitrogens is 4. The van der Waals surface area contributed by atoms with Crippen molar-refractivity contribution in [1.29, 1.82) is 0 Å². The molecule has 2 heterocycles. The summed E-state index contributed by atoms with van der Waals surface area (Å²) in [5.74, 6) is 0.0752. The number of methoxy groups -OCH3 is 2. The SMILES string of the molecule is COCCOCN(c1onc(C)c1C)S(=O)(=O)c1ccccc1-c1ccc(-n2ncn(COCCOC)c2=O)cc1. The Morgan fingerprint density at radius 2 is 1.61 bits per heavy atom. The molecular weight excluding hydrogens is 554 g/mol. The van der Waals surface area contributed by atoms with Gasteiger partial charge in [-0.05, 0) is 37.6 Å². The number of sulfonamides is 1. The van der Waals surface area contributed by atoms with Crippen molar-refractivity contribution < 1.29 is 31.9 Å². The quantitative estimate of drug-likeness (QED) is 0.151. The maximum Gasteiger partial charge on any atom is 0.352 e. The van der Waals surface area contributed by atoms with Gasteiger partial charge in [-0.1, -0.05) is 35.5 Å². The molecule has 0 bridgehead atoms. The first-order valence-electron chi connectivity index (χ1n) is 12.7. The van der Waals surface area contributed by atoms with Gasteiger partial charge in [-0.15, -0.1) is 0 Å². The van der Waals surface area contributed by atoms with Crippen molar-refractivity contribution in [1.82, 2.24) is 19.5 Å². The maximum atomic E-state index is 14.1. The van der Waals surface area contributed by atoms with Crippen LogP contribution in [0.25, 0.3) is 16.8 Å². The summed E-state index contributed by atoms with van der Waals surface area (Å²) < 4.78 is 58.1. The molecule has 220 valence electrons. The first-order valence-corrected chi connectivity index (χ1v) is 14.2. The lowest BCUT2D eigenvalue weighted by atomic mass is 10.1. The number of nitrogens with zero attached hydrogens (tertiary/aromatic N) is 5. The fourth-order valence-corrected chi connectivity index (χ4v) is 5.45. The molecule has 41 heavy (non-hydrogen) atoms. The molecule has 0 fully saturated rings. The molecule has 0 aliphatic carbocycles. The minimum Gasteiger partial charge on any atom is -0.382 e. The number of benzene rings is 2. The highest BCUT2D eigenvalue weighted by atomic mass is 32.2. The van der Waals surface area contributed by atoms with Crippen molar-refractivity contribution in [2.24, 2.45) is 0 Å². The van der Waals surface area contributed by atoms with E-state index in [1.807, 2.05) is 0 Å². The molecule has 0 aliphatic heterocycles. The molecule has 0 radical (unpaired) electrons. The van der Waals surface area contributed by atoms with E-state index in [0.29, 0.717) is 47.9 Å². The molecule has 0 saturated heterocycles. The number of anilines is 1. The molecule has 2 aromatic carbocycles. The molecule has 0 atom stereocenters. The minimum absolute atomic E-state index is 0.0430. The minimum atomic E-state index is -4.17. The molecule has 0 amide bonds. The van der Waals surface area contributed by atoms with Gasteiger partial charge in [0.25, 0.3) is 10.0 Å². The van der Waals surface area contributed by atoms with Crippen LogP contribution in [0.3, 0.4) is 0 Å².